The van der Waals surface area contributed by atoms with E-state index in [1.54, 1.807) is 6.92 Å². The summed E-state index contributed by atoms with van der Waals surface area (Å²) in [5.74, 6) is -2.47. The summed E-state index contributed by atoms with van der Waals surface area (Å²) in [4.78, 5) is 19.5. The average Bonchev–Trinajstić information content (AvgIpc) is 2.96. The molecule has 0 saturated heterocycles. The molecule has 0 radical (unpaired) electrons. The van der Waals surface area contributed by atoms with Gasteiger partial charge in [0.2, 0.25) is 0 Å². The summed E-state index contributed by atoms with van der Waals surface area (Å²) in [7, 11) is 1.52. The van der Waals surface area contributed by atoms with Crippen LogP contribution in [0.4, 0.5) is 10.3 Å². The predicted octanol–water partition coefficient (Wildman–Crippen LogP) is 2.29. The smallest absolute Gasteiger partial charge is 0.343 e. The van der Waals surface area contributed by atoms with Crippen molar-refractivity contribution < 1.29 is 19.0 Å². The molecule has 0 atom stereocenters. The van der Waals surface area contributed by atoms with Crippen LogP contribution in [0.5, 0.6) is 0 Å². The third-order valence-electron chi connectivity index (χ3n) is 2.80. The van der Waals surface area contributed by atoms with Crippen molar-refractivity contribution in [3.05, 3.63) is 33.3 Å². The Morgan fingerprint density at radius 1 is 1.48 bits per heavy atom. The number of carbonyl (C=O) groups is 1. The number of halogens is 3. The monoisotopic (exact) mass is 388 g/mol. The van der Waals surface area contributed by atoms with Gasteiger partial charge >= 0.3 is 5.97 Å². The number of aromatic nitrogens is 5. The van der Waals surface area contributed by atoms with Crippen molar-refractivity contribution in [2.75, 3.05) is 6.61 Å². The highest BCUT2D eigenvalue weighted by atomic mass is 35.5. The maximum Gasteiger partial charge on any atom is 0.343 e. The predicted molar refractivity (Wildman–Crippen MR) is 87.3 cm³/mol. The molecular weight excluding hydrogens is 378 g/mol. The molecule has 2 aromatic rings. The number of hydrogen-bond donors (Lipinski definition) is 1. The van der Waals surface area contributed by atoms with Gasteiger partial charge in [-0.1, -0.05) is 28.3 Å². The van der Waals surface area contributed by atoms with E-state index in [1.165, 1.54) is 11.7 Å². The third-order valence-corrected chi connectivity index (χ3v) is 3.35. The minimum Gasteiger partial charge on any atom is -0.506 e. The van der Waals surface area contributed by atoms with Crippen molar-refractivity contribution in [1.82, 2.24) is 25.2 Å². The van der Waals surface area contributed by atoms with Gasteiger partial charge in [-0.25, -0.2) is 23.8 Å². The lowest BCUT2D eigenvalue weighted by molar-refractivity contribution is -0.137. The zero-order chi connectivity index (χ0) is 18.6. The maximum atomic E-state index is 13.6. The van der Waals surface area contributed by atoms with Crippen LogP contribution in [0.25, 0.3) is 5.76 Å². The number of tetrazole rings is 1. The van der Waals surface area contributed by atoms with Crippen LogP contribution in [0.1, 0.15) is 12.5 Å². The first-order valence-electron chi connectivity index (χ1n) is 6.73. The molecule has 2 aromatic heterocycles. The molecule has 2 rings (SSSR count). The van der Waals surface area contributed by atoms with Crippen molar-refractivity contribution in [3.63, 3.8) is 0 Å². The normalized spacial score (nSPS) is 12.4. The van der Waals surface area contributed by atoms with Gasteiger partial charge in [-0.3, -0.25) is 0 Å². The molecule has 25 heavy (non-hydrogen) atoms. The summed E-state index contributed by atoms with van der Waals surface area (Å²) >= 11 is 11.4. The van der Waals surface area contributed by atoms with E-state index in [2.05, 4.69) is 25.5 Å². The van der Waals surface area contributed by atoms with Crippen LogP contribution in [0.15, 0.2) is 16.6 Å². The molecule has 0 aliphatic carbocycles. The molecule has 2 heterocycles. The van der Waals surface area contributed by atoms with Gasteiger partial charge in [-0.2, -0.15) is 0 Å². The van der Waals surface area contributed by atoms with Gasteiger partial charge < -0.3 is 9.84 Å². The second-order valence-corrected chi connectivity index (χ2v) is 5.16. The van der Waals surface area contributed by atoms with Crippen LogP contribution in [0.3, 0.4) is 0 Å². The Morgan fingerprint density at radius 3 is 2.80 bits per heavy atom. The maximum absolute atomic E-state index is 13.6. The van der Waals surface area contributed by atoms with E-state index in [0.717, 1.165) is 12.3 Å². The van der Waals surface area contributed by atoms with Crippen molar-refractivity contribution >= 4 is 47.1 Å². The summed E-state index contributed by atoms with van der Waals surface area (Å²) in [6.45, 7) is 1.61. The number of aliphatic imine (C=N–C) groups is 1. The zero-order valence-corrected chi connectivity index (χ0v) is 14.5. The second-order valence-electron chi connectivity index (χ2n) is 4.44. The number of nitrogens with zero attached hydrogens (tertiary/aromatic N) is 6. The molecule has 0 unspecified atom stereocenters. The van der Waals surface area contributed by atoms with E-state index in [0.29, 0.717) is 0 Å². The fraction of sp³-hybridized carbons (Fsp3) is 0.231. The molecule has 9 nitrogen and oxygen atoms in total. The Hall–Kier alpha value is -2.59. The first-order chi connectivity index (χ1) is 11.8. The molecule has 0 aliphatic heterocycles. The van der Waals surface area contributed by atoms with Crippen LogP contribution < -0.4 is 0 Å². The fourth-order valence-electron chi connectivity index (χ4n) is 1.63. The minimum atomic E-state index is -0.926. The summed E-state index contributed by atoms with van der Waals surface area (Å²) < 4.78 is 19.7. The molecule has 1 N–H and O–H groups in total. The highest BCUT2D eigenvalue weighted by Crippen LogP contribution is 2.27. The molecule has 0 spiro atoms. The van der Waals surface area contributed by atoms with Gasteiger partial charge in [0.25, 0.3) is 5.95 Å². The number of hydrogen-bond acceptors (Lipinski definition) is 8. The highest BCUT2D eigenvalue weighted by Gasteiger charge is 2.21. The van der Waals surface area contributed by atoms with Crippen LogP contribution in [0.2, 0.25) is 10.3 Å². The molecule has 0 fully saturated rings. The van der Waals surface area contributed by atoms with E-state index in [-0.39, 0.29) is 23.3 Å². The molecular formula is C13H11Cl2FN6O3. The van der Waals surface area contributed by atoms with E-state index in [4.69, 9.17) is 27.9 Å². The number of aryl methyl sites for hydroxylation is 1. The molecule has 0 saturated carbocycles. The van der Waals surface area contributed by atoms with Crippen LogP contribution in [0, 0.1) is 5.82 Å². The molecule has 0 bridgehead atoms. The van der Waals surface area contributed by atoms with Gasteiger partial charge in [0.1, 0.15) is 16.5 Å². The van der Waals surface area contributed by atoms with E-state index in [1.807, 2.05) is 0 Å². The van der Waals surface area contributed by atoms with E-state index >= 15 is 0 Å². The Bertz CT molecular complexity index is 867. The van der Waals surface area contributed by atoms with Crippen LogP contribution in [-0.2, 0) is 16.6 Å². The first-order valence-corrected chi connectivity index (χ1v) is 7.49. The number of aliphatic hydroxyl groups is 1. The van der Waals surface area contributed by atoms with E-state index in [9.17, 15) is 14.3 Å². The van der Waals surface area contributed by atoms with Crippen molar-refractivity contribution in [3.8, 4) is 0 Å². The Kier molecular flexibility index (Phi) is 5.99. The largest absolute Gasteiger partial charge is 0.506 e. The second kappa shape index (κ2) is 7.99. The molecule has 12 heteroatoms. The zero-order valence-electron chi connectivity index (χ0n) is 12.9. The highest BCUT2D eigenvalue weighted by molar-refractivity contribution is 6.34. The summed E-state index contributed by atoms with van der Waals surface area (Å²) in [6, 6.07) is 0.837. The molecule has 0 aromatic carbocycles. The standard InChI is InChI=1S/C13H11Cl2FN6O3/c1-3-25-12(24)7(5-17-13-19-20-21-22(13)2)9(23)6-4-8(16)11(15)18-10(6)14/h4-5,23H,3H2,1-2H3. The third kappa shape index (κ3) is 4.28. The quantitative estimate of drug-likeness (QED) is 0.274. The van der Waals surface area contributed by atoms with Gasteiger partial charge in [0, 0.05) is 13.3 Å². The van der Waals surface area contributed by atoms with Gasteiger partial charge in [-0.05, 0) is 23.4 Å². The van der Waals surface area contributed by atoms with Crippen molar-refractivity contribution in [2.24, 2.45) is 12.0 Å². The summed E-state index contributed by atoms with van der Waals surface area (Å²) in [5.41, 5.74) is -0.649. The summed E-state index contributed by atoms with van der Waals surface area (Å²) in [6.07, 6.45) is 0.974. The molecule has 0 aliphatic rings. The minimum absolute atomic E-state index is 0.0376. The number of pyridine rings is 1. The van der Waals surface area contributed by atoms with E-state index < -0.39 is 28.3 Å². The Labute approximate surface area is 150 Å². The lowest BCUT2D eigenvalue weighted by Gasteiger charge is -2.08. The SMILES string of the molecule is CCOC(=O)C(C=Nc1nnnn1C)=C(O)c1cc(F)c(Cl)nc1Cl. The number of carbonyl (C=O) groups excluding carboxylic acids is 1. The molecule has 0 amide bonds. The van der Waals surface area contributed by atoms with Crippen LogP contribution in [-0.4, -0.2) is 49.1 Å². The van der Waals surface area contributed by atoms with Crippen molar-refractivity contribution in [2.45, 2.75) is 6.92 Å². The lowest BCUT2D eigenvalue weighted by atomic mass is 10.1. The topological polar surface area (TPSA) is 115 Å². The number of esters is 1. The molecule has 132 valence electrons. The van der Waals surface area contributed by atoms with Crippen LogP contribution >= 0.6 is 23.2 Å². The van der Waals surface area contributed by atoms with Gasteiger partial charge in [0.15, 0.2) is 11.0 Å². The van der Waals surface area contributed by atoms with Gasteiger partial charge in [0.05, 0.1) is 12.2 Å². The van der Waals surface area contributed by atoms with Crippen molar-refractivity contribution in [1.29, 1.82) is 0 Å². The Balaban J connectivity index is 2.55. The van der Waals surface area contributed by atoms with Gasteiger partial charge in [-0.15, -0.1) is 0 Å². The number of aliphatic hydroxyl groups excluding tert-OH is 1. The first kappa shape index (κ1) is 18.7. The number of ether oxygens (including phenoxy) is 1. The summed E-state index contributed by atoms with van der Waals surface area (Å²) in [5, 5.41) is 20.1. The number of rotatable bonds is 5. The average molecular weight is 389 g/mol. The fourth-order valence-corrected chi connectivity index (χ4v) is 2.04. The lowest BCUT2D eigenvalue weighted by Crippen LogP contribution is -2.12. The Morgan fingerprint density at radius 2 is 2.20 bits per heavy atom.